The van der Waals surface area contributed by atoms with E-state index in [0.29, 0.717) is 23.9 Å². The monoisotopic (exact) mass is 489 g/mol. The van der Waals surface area contributed by atoms with Crippen LogP contribution in [-0.2, 0) is 16.1 Å². The first-order valence-electron chi connectivity index (χ1n) is 13.0. The van der Waals surface area contributed by atoms with Gasteiger partial charge in [0, 0.05) is 55.3 Å². The number of imide groups is 1. The lowest BCUT2D eigenvalue weighted by atomic mass is 9.86. The van der Waals surface area contributed by atoms with Crippen LogP contribution in [0.15, 0.2) is 30.5 Å². The summed E-state index contributed by atoms with van der Waals surface area (Å²) in [7, 11) is 0. The van der Waals surface area contributed by atoms with Crippen LogP contribution in [-0.4, -0.2) is 67.8 Å². The Hall–Kier alpha value is -3.33. The van der Waals surface area contributed by atoms with Crippen LogP contribution in [0.5, 0.6) is 5.75 Å². The highest BCUT2D eigenvalue weighted by molar-refractivity contribution is 6.04. The van der Waals surface area contributed by atoms with Crippen molar-refractivity contribution in [1.82, 2.24) is 24.9 Å². The fraction of sp³-hybridized carbons (Fsp3) is 0.519. The van der Waals surface area contributed by atoms with Gasteiger partial charge in [0.25, 0.3) is 5.91 Å². The van der Waals surface area contributed by atoms with Crippen molar-refractivity contribution in [2.75, 3.05) is 13.1 Å². The molecule has 1 aromatic heterocycles. The van der Waals surface area contributed by atoms with Gasteiger partial charge in [-0.15, -0.1) is 0 Å². The molecule has 9 heteroatoms. The minimum absolute atomic E-state index is 0.0784. The predicted molar refractivity (Wildman–Crippen MR) is 130 cm³/mol. The second kappa shape index (κ2) is 9.28. The van der Waals surface area contributed by atoms with Crippen molar-refractivity contribution in [1.29, 1.82) is 0 Å². The van der Waals surface area contributed by atoms with Crippen LogP contribution in [0.2, 0.25) is 0 Å². The molecule has 1 aromatic carbocycles. The maximum atomic E-state index is 13.0. The molecule has 0 N–H and O–H groups in total. The second-order valence-corrected chi connectivity index (χ2v) is 10.3. The molecular weight excluding hydrogens is 458 g/mol. The number of aromatic nitrogens is 2. The Kier molecular flexibility index (Phi) is 5.95. The van der Waals surface area contributed by atoms with Crippen molar-refractivity contribution in [3.05, 3.63) is 53.1 Å². The van der Waals surface area contributed by atoms with E-state index in [0.717, 1.165) is 60.2 Å². The molecule has 2 aromatic rings. The Morgan fingerprint density at radius 2 is 1.75 bits per heavy atom. The molecule has 4 aliphatic rings. The van der Waals surface area contributed by atoms with E-state index in [9.17, 15) is 14.4 Å². The normalized spacial score (nSPS) is 25.2. The number of piperidine rings is 1. The molecular formula is C27H31N5O4. The van der Waals surface area contributed by atoms with Crippen LogP contribution in [0.25, 0.3) is 0 Å². The Bertz CT molecular complexity index is 1190. The van der Waals surface area contributed by atoms with E-state index in [1.807, 2.05) is 31.3 Å². The molecule has 1 saturated carbocycles. The number of hydrogen-bond donors (Lipinski definition) is 0. The highest BCUT2D eigenvalue weighted by Crippen LogP contribution is 2.36. The lowest BCUT2D eigenvalue weighted by Gasteiger charge is -2.47. The van der Waals surface area contributed by atoms with E-state index >= 15 is 0 Å². The minimum Gasteiger partial charge on any atom is -0.489 e. The highest BCUT2D eigenvalue weighted by Gasteiger charge is 2.41. The molecule has 9 nitrogen and oxygen atoms in total. The molecule has 6 rings (SSSR count). The standard InChI is InChI=1S/C27H31N5O4/c1-17-11-12-28-26(29-17)19-14-30(15-19)22-5-2-3-6-23(22)36-20-9-10-21-18(13-20)16-31(27(21)35)32-24(33)7-4-8-25(32)34/h9-13,19,22-23H,2-8,14-16H2,1H3/t22-,23-/m1/s1. The number of amides is 3. The summed E-state index contributed by atoms with van der Waals surface area (Å²) in [5, 5.41) is 2.33. The molecule has 36 heavy (non-hydrogen) atoms. The van der Waals surface area contributed by atoms with Gasteiger partial charge in [-0.2, -0.15) is 5.01 Å². The fourth-order valence-corrected chi connectivity index (χ4v) is 5.95. The lowest BCUT2D eigenvalue weighted by molar-refractivity contribution is -0.163. The number of fused-ring (bicyclic) bond motifs is 1. The summed E-state index contributed by atoms with van der Waals surface area (Å²) >= 11 is 0. The molecule has 3 fully saturated rings. The van der Waals surface area contributed by atoms with Crippen LogP contribution in [0.1, 0.15) is 78.3 Å². The third kappa shape index (κ3) is 4.15. The lowest BCUT2D eigenvalue weighted by Crippen LogP contribution is -2.57. The molecule has 0 bridgehead atoms. The minimum atomic E-state index is -0.308. The van der Waals surface area contributed by atoms with E-state index in [-0.39, 0.29) is 43.2 Å². The number of rotatable bonds is 5. The molecule has 0 radical (unpaired) electrons. The average molecular weight is 490 g/mol. The van der Waals surface area contributed by atoms with E-state index in [1.165, 1.54) is 11.4 Å². The Morgan fingerprint density at radius 3 is 2.53 bits per heavy atom. The summed E-state index contributed by atoms with van der Waals surface area (Å²) in [6.07, 6.45) is 7.45. The molecule has 0 spiro atoms. The topological polar surface area (TPSA) is 95.9 Å². The van der Waals surface area contributed by atoms with Crippen molar-refractivity contribution in [3.63, 3.8) is 0 Å². The van der Waals surface area contributed by atoms with Gasteiger partial charge in [-0.05, 0) is 62.4 Å². The zero-order valence-corrected chi connectivity index (χ0v) is 20.6. The van der Waals surface area contributed by atoms with Crippen LogP contribution < -0.4 is 4.74 Å². The SMILES string of the molecule is Cc1ccnc(C2CN([C@@H]3CCCC[C@H]3Oc3ccc4c(c3)CN(N3C(=O)CCCC3=O)C4=O)C2)n1. The van der Waals surface area contributed by atoms with Gasteiger partial charge in [-0.1, -0.05) is 6.42 Å². The largest absolute Gasteiger partial charge is 0.489 e. The predicted octanol–water partition coefficient (Wildman–Crippen LogP) is 2.98. The summed E-state index contributed by atoms with van der Waals surface area (Å²) in [4.78, 5) is 49.2. The molecule has 2 saturated heterocycles. The molecule has 0 unspecified atom stereocenters. The van der Waals surface area contributed by atoms with Crippen molar-refractivity contribution in [3.8, 4) is 5.75 Å². The number of ether oxygens (including phenoxy) is 1. The number of hydrazine groups is 1. The number of aryl methyl sites for hydroxylation is 1. The molecule has 4 heterocycles. The highest BCUT2D eigenvalue weighted by atomic mass is 16.5. The maximum Gasteiger partial charge on any atom is 0.273 e. The average Bonchev–Trinajstić information content (AvgIpc) is 3.14. The number of carbonyl (C=O) groups excluding carboxylic acids is 3. The Balaban J connectivity index is 1.13. The summed E-state index contributed by atoms with van der Waals surface area (Å²) in [6, 6.07) is 7.77. The third-order valence-corrected chi connectivity index (χ3v) is 7.87. The van der Waals surface area contributed by atoms with Gasteiger partial charge in [-0.3, -0.25) is 19.3 Å². The first-order chi connectivity index (χ1) is 17.5. The van der Waals surface area contributed by atoms with Gasteiger partial charge in [0.1, 0.15) is 17.7 Å². The van der Waals surface area contributed by atoms with Crippen LogP contribution in [0, 0.1) is 6.92 Å². The fourth-order valence-electron chi connectivity index (χ4n) is 5.95. The number of nitrogens with zero attached hydrogens (tertiary/aromatic N) is 5. The molecule has 188 valence electrons. The van der Waals surface area contributed by atoms with Gasteiger partial charge < -0.3 is 4.74 Å². The van der Waals surface area contributed by atoms with Gasteiger partial charge in [0.05, 0.1) is 6.54 Å². The third-order valence-electron chi connectivity index (χ3n) is 7.87. The van der Waals surface area contributed by atoms with Crippen LogP contribution >= 0.6 is 0 Å². The second-order valence-electron chi connectivity index (χ2n) is 10.3. The van der Waals surface area contributed by atoms with Crippen LogP contribution in [0.4, 0.5) is 0 Å². The molecule has 3 aliphatic heterocycles. The summed E-state index contributed by atoms with van der Waals surface area (Å²) in [5.74, 6) is 1.11. The number of likely N-dealkylation sites (tertiary alicyclic amines) is 1. The van der Waals surface area contributed by atoms with Crippen molar-refractivity contribution < 1.29 is 19.1 Å². The first-order valence-corrected chi connectivity index (χ1v) is 13.0. The van der Waals surface area contributed by atoms with Gasteiger partial charge >= 0.3 is 0 Å². The quantitative estimate of drug-likeness (QED) is 0.596. The number of carbonyl (C=O) groups is 3. The van der Waals surface area contributed by atoms with Gasteiger partial charge in [0.2, 0.25) is 11.8 Å². The van der Waals surface area contributed by atoms with E-state index in [2.05, 4.69) is 14.9 Å². The number of hydrogen-bond acceptors (Lipinski definition) is 7. The van der Waals surface area contributed by atoms with E-state index in [4.69, 9.17) is 4.74 Å². The first kappa shape index (κ1) is 23.1. The van der Waals surface area contributed by atoms with Crippen molar-refractivity contribution in [2.24, 2.45) is 0 Å². The number of benzene rings is 1. The molecule has 1 aliphatic carbocycles. The van der Waals surface area contributed by atoms with Gasteiger partial charge in [0.15, 0.2) is 0 Å². The molecule has 2 atom stereocenters. The van der Waals surface area contributed by atoms with Gasteiger partial charge in [-0.25, -0.2) is 15.0 Å². The van der Waals surface area contributed by atoms with Crippen molar-refractivity contribution in [2.45, 2.75) is 76.5 Å². The molecule has 3 amide bonds. The van der Waals surface area contributed by atoms with E-state index in [1.54, 1.807) is 6.07 Å². The smallest absolute Gasteiger partial charge is 0.273 e. The summed E-state index contributed by atoms with van der Waals surface area (Å²) < 4.78 is 6.52. The van der Waals surface area contributed by atoms with Crippen LogP contribution in [0.3, 0.4) is 0 Å². The Labute approximate surface area is 210 Å². The van der Waals surface area contributed by atoms with Crippen molar-refractivity contribution >= 4 is 17.7 Å². The Morgan fingerprint density at radius 1 is 0.972 bits per heavy atom. The summed E-state index contributed by atoms with van der Waals surface area (Å²) in [6.45, 7) is 4.10. The summed E-state index contributed by atoms with van der Waals surface area (Å²) in [5.41, 5.74) is 2.31. The zero-order valence-electron chi connectivity index (χ0n) is 20.6. The van der Waals surface area contributed by atoms with E-state index < -0.39 is 0 Å². The maximum absolute atomic E-state index is 13.0. The zero-order chi connectivity index (χ0) is 24.8.